The van der Waals surface area contributed by atoms with Gasteiger partial charge in [0, 0.05) is 44.9 Å². The van der Waals surface area contributed by atoms with E-state index in [2.05, 4.69) is 10.3 Å². The van der Waals surface area contributed by atoms with Gasteiger partial charge in [-0.2, -0.15) is 0 Å². The van der Waals surface area contributed by atoms with Crippen LogP contribution in [0.1, 0.15) is 29.5 Å². The summed E-state index contributed by atoms with van der Waals surface area (Å²) in [4.78, 5) is 44.7. The Morgan fingerprint density at radius 2 is 1.81 bits per heavy atom. The normalized spacial score (nSPS) is 17.1. The summed E-state index contributed by atoms with van der Waals surface area (Å²) in [6.45, 7) is 0.980. The monoisotopic (exact) mass is 438 g/mol. The Bertz CT molecular complexity index is 976. The average molecular weight is 438 g/mol. The Morgan fingerprint density at radius 1 is 1.12 bits per heavy atom. The minimum atomic E-state index is -0.520. The first-order valence-electron chi connectivity index (χ1n) is 10.5. The summed E-state index contributed by atoms with van der Waals surface area (Å²) in [6, 6.07) is 6.57. The van der Waals surface area contributed by atoms with Crippen LogP contribution in [0.15, 0.2) is 36.7 Å². The highest BCUT2D eigenvalue weighted by Crippen LogP contribution is 2.37. The molecule has 1 unspecified atom stereocenters. The zero-order valence-electron chi connectivity index (χ0n) is 18.2. The third kappa shape index (κ3) is 4.23. The Hall–Kier alpha value is -3.62. The van der Waals surface area contributed by atoms with Gasteiger partial charge in [-0.25, -0.2) is 4.79 Å². The van der Waals surface area contributed by atoms with Gasteiger partial charge < -0.3 is 19.7 Å². The number of carbonyl (C=O) groups is 3. The molecule has 1 N–H and O–H groups in total. The zero-order valence-corrected chi connectivity index (χ0v) is 18.2. The number of nitrogens with zero attached hydrogens (tertiary/aromatic N) is 3. The Balaban J connectivity index is 1.34. The summed E-state index contributed by atoms with van der Waals surface area (Å²) < 4.78 is 10.7. The minimum Gasteiger partial charge on any atom is -0.493 e. The van der Waals surface area contributed by atoms with Gasteiger partial charge in [0.05, 0.1) is 14.2 Å². The highest BCUT2D eigenvalue weighted by Gasteiger charge is 2.47. The van der Waals surface area contributed by atoms with E-state index in [9.17, 15) is 14.4 Å². The minimum absolute atomic E-state index is 0.120. The number of amides is 4. The molecule has 0 bridgehead atoms. The van der Waals surface area contributed by atoms with Crippen LogP contribution in [-0.2, 0) is 29.1 Å². The number of pyridine rings is 1. The molecule has 1 atom stereocenters. The molecule has 1 aromatic carbocycles. The molecule has 4 amide bonds. The van der Waals surface area contributed by atoms with Gasteiger partial charge in [-0.15, -0.1) is 0 Å². The molecule has 0 spiro atoms. The summed E-state index contributed by atoms with van der Waals surface area (Å²) >= 11 is 0. The molecule has 9 nitrogen and oxygen atoms in total. The van der Waals surface area contributed by atoms with Gasteiger partial charge >= 0.3 is 6.03 Å². The van der Waals surface area contributed by atoms with Crippen molar-refractivity contribution in [2.24, 2.45) is 0 Å². The number of ether oxygens (including phenoxy) is 2. The van der Waals surface area contributed by atoms with E-state index in [4.69, 9.17) is 9.47 Å². The fraction of sp³-hybridized carbons (Fsp3) is 0.391. The molecular weight excluding hydrogens is 412 g/mol. The quantitative estimate of drug-likeness (QED) is 0.632. The molecule has 0 aliphatic carbocycles. The topological polar surface area (TPSA) is 101 Å². The highest BCUT2D eigenvalue weighted by atomic mass is 16.5. The lowest BCUT2D eigenvalue weighted by Gasteiger charge is -2.29. The number of aromatic nitrogens is 1. The third-order valence-corrected chi connectivity index (χ3v) is 5.89. The van der Waals surface area contributed by atoms with Crippen LogP contribution in [0.4, 0.5) is 4.79 Å². The lowest BCUT2D eigenvalue weighted by atomic mass is 9.94. The van der Waals surface area contributed by atoms with Crippen LogP contribution in [0.2, 0.25) is 0 Å². The highest BCUT2D eigenvalue weighted by molar-refractivity contribution is 6.04. The van der Waals surface area contributed by atoms with Crippen molar-refractivity contribution >= 4 is 17.8 Å². The van der Waals surface area contributed by atoms with Gasteiger partial charge in [0.2, 0.25) is 5.91 Å². The van der Waals surface area contributed by atoms with Crippen molar-refractivity contribution in [1.82, 2.24) is 20.1 Å². The number of nitrogens with one attached hydrogen (secondary N) is 1. The van der Waals surface area contributed by atoms with Crippen LogP contribution in [0.3, 0.4) is 0 Å². The van der Waals surface area contributed by atoms with E-state index in [1.165, 1.54) is 4.90 Å². The van der Waals surface area contributed by atoms with Crippen molar-refractivity contribution in [3.05, 3.63) is 53.3 Å². The maximum absolute atomic E-state index is 12.9. The fourth-order valence-electron chi connectivity index (χ4n) is 4.16. The number of hydrogen-bond donors (Lipinski definition) is 1. The van der Waals surface area contributed by atoms with Crippen molar-refractivity contribution in [2.75, 3.05) is 20.8 Å². The summed E-state index contributed by atoms with van der Waals surface area (Å²) in [5.41, 5.74) is 2.88. The Kier molecular flexibility index (Phi) is 6.25. The predicted molar refractivity (Wildman–Crippen MR) is 115 cm³/mol. The zero-order chi connectivity index (χ0) is 22.7. The third-order valence-electron chi connectivity index (χ3n) is 5.89. The maximum atomic E-state index is 12.9. The van der Waals surface area contributed by atoms with Crippen LogP contribution < -0.4 is 14.8 Å². The molecule has 1 saturated heterocycles. The number of fused-ring (bicyclic) bond motifs is 2. The summed E-state index contributed by atoms with van der Waals surface area (Å²) in [6.07, 6.45) is 4.43. The lowest BCUT2D eigenvalue weighted by molar-refractivity contribution is -0.129. The van der Waals surface area contributed by atoms with Crippen LogP contribution in [0, 0.1) is 0 Å². The van der Waals surface area contributed by atoms with Crippen molar-refractivity contribution in [3.8, 4) is 11.5 Å². The van der Waals surface area contributed by atoms with Gasteiger partial charge in [-0.1, -0.05) is 0 Å². The van der Waals surface area contributed by atoms with E-state index in [1.54, 1.807) is 31.5 Å². The van der Waals surface area contributed by atoms with Crippen molar-refractivity contribution in [1.29, 1.82) is 0 Å². The standard InChI is InChI=1S/C23H26N4O5/c1-31-19-11-16-10-18-22(29)26(23(30)27(18)14-17(16)12-20(19)32-2)9-3-4-21(28)25-13-15-5-7-24-8-6-15/h5-8,11-12,18H,3-4,9-10,13-14H2,1-2H3,(H,25,28). The molecule has 168 valence electrons. The largest absolute Gasteiger partial charge is 0.493 e. The van der Waals surface area contributed by atoms with Gasteiger partial charge in [0.25, 0.3) is 5.91 Å². The molecule has 9 heteroatoms. The molecule has 2 aliphatic heterocycles. The van der Waals surface area contributed by atoms with Crippen LogP contribution >= 0.6 is 0 Å². The molecule has 0 radical (unpaired) electrons. The summed E-state index contributed by atoms with van der Waals surface area (Å²) in [5.74, 6) is 0.862. The number of benzene rings is 1. The van der Waals surface area contributed by atoms with E-state index >= 15 is 0 Å². The van der Waals surface area contributed by atoms with Crippen molar-refractivity contribution in [2.45, 2.75) is 38.4 Å². The maximum Gasteiger partial charge on any atom is 0.327 e. The molecule has 2 aliphatic rings. The van der Waals surface area contributed by atoms with Gasteiger partial charge in [0.15, 0.2) is 11.5 Å². The second kappa shape index (κ2) is 9.25. The number of methoxy groups -OCH3 is 2. The first-order chi connectivity index (χ1) is 15.5. The van der Waals surface area contributed by atoms with E-state index in [0.717, 1.165) is 16.7 Å². The van der Waals surface area contributed by atoms with Gasteiger partial charge in [-0.05, 0) is 47.4 Å². The van der Waals surface area contributed by atoms with E-state index < -0.39 is 6.04 Å². The van der Waals surface area contributed by atoms with Gasteiger partial charge in [0.1, 0.15) is 6.04 Å². The van der Waals surface area contributed by atoms with Crippen LogP contribution in [-0.4, -0.2) is 59.4 Å². The summed E-state index contributed by atoms with van der Waals surface area (Å²) in [7, 11) is 3.13. The second-order valence-electron chi connectivity index (χ2n) is 7.83. The molecular formula is C23H26N4O5. The number of hydrogen-bond acceptors (Lipinski definition) is 6. The van der Waals surface area contributed by atoms with Crippen molar-refractivity contribution in [3.63, 3.8) is 0 Å². The van der Waals surface area contributed by atoms with Gasteiger partial charge in [-0.3, -0.25) is 19.5 Å². The molecule has 4 rings (SSSR count). The lowest BCUT2D eigenvalue weighted by Crippen LogP contribution is -2.40. The van der Waals surface area contributed by atoms with E-state index in [0.29, 0.717) is 37.4 Å². The number of carbonyl (C=O) groups excluding carboxylic acids is 3. The Labute approximate surface area is 186 Å². The predicted octanol–water partition coefficient (Wildman–Crippen LogP) is 1.88. The van der Waals surface area contributed by atoms with Crippen molar-refractivity contribution < 1.29 is 23.9 Å². The smallest absolute Gasteiger partial charge is 0.327 e. The first kappa shape index (κ1) is 21.6. The number of urea groups is 1. The molecule has 2 aromatic rings. The number of imide groups is 1. The van der Waals surface area contributed by atoms with Crippen LogP contribution in [0.5, 0.6) is 11.5 Å². The first-order valence-corrected chi connectivity index (χ1v) is 10.5. The van der Waals surface area contributed by atoms with Crippen LogP contribution in [0.25, 0.3) is 0 Å². The molecule has 0 saturated carbocycles. The summed E-state index contributed by atoms with van der Waals surface area (Å²) in [5, 5.41) is 2.84. The van der Waals surface area contributed by atoms with E-state index in [-0.39, 0.29) is 30.8 Å². The molecule has 32 heavy (non-hydrogen) atoms. The molecule has 3 heterocycles. The fourth-order valence-corrected chi connectivity index (χ4v) is 4.16. The molecule has 1 aromatic heterocycles. The average Bonchev–Trinajstić information content (AvgIpc) is 3.05. The Morgan fingerprint density at radius 3 is 2.50 bits per heavy atom. The van der Waals surface area contributed by atoms with E-state index in [1.807, 2.05) is 24.3 Å². The second-order valence-corrected chi connectivity index (χ2v) is 7.83. The number of rotatable bonds is 8. The SMILES string of the molecule is COc1cc2c(cc1OC)CN1C(=O)N(CCCC(=O)NCc3ccncc3)C(=O)C1C2. The molecule has 1 fully saturated rings.